The van der Waals surface area contributed by atoms with E-state index in [1.165, 1.54) is 0 Å². The van der Waals surface area contributed by atoms with Crippen LogP contribution in [0.1, 0.15) is 25.5 Å². The van der Waals surface area contributed by atoms with Crippen molar-refractivity contribution in [3.05, 3.63) is 17.8 Å². The van der Waals surface area contributed by atoms with Crippen LogP contribution in [0, 0.1) is 5.92 Å². The van der Waals surface area contributed by atoms with Gasteiger partial charge in [-0.15, -0.1) is 5.10 Å². The van der Waals surface area contributed by atoms with Crippen molar-refractivity contribution in [1.29, 1.82) is 0 Å². The van der Waals surface area contributed by atoms with Crippen molar-refractivity contribution >= 4 is 5.82 Å². The summed E-state index contributed by atoms with van der Waals surface area (Å²) in [6.45, 7) is 1.59. The molecule has 0 bridgehead atoms. The first-order valence-corrected chi connectivity index (χ1v) is 4.85. The molecule has 4 heteroatoms. The van der Waals surface area contributed by atoms with Gasteiger partial charge in [-0.1, -0.05) is 0 Å². The molecule has 1 aromatic heterocycles. The lowest BCUT2D eigenvalue weighted by molar-refractivity contribution is 0.151. The van der Waals surface area contributed by atoms with E-state index in [1.807, 2.05) is 0 Å². The SMILES string of the molecule is CNc1ccc(C(C)(F)C2CC2)nn1. The molecule has 1 aliphatic carbocycles. The Bertz CT molecular complexity index is 317. The van der Waals surface area contributed by atoms with Crippen molar-refractivity contribution in [2.24, 2.45) is 5.92 Å². The third-order valence-electron chi connectivity index (χ3n) is 2.77. The summed E-state index contributed by atoms with van der Waals surface area (Å²) in [7, 11) is 1.76. The molecule has 3 nitrogen and oxygen atoms in total. The zero-order valence-corrected chi connectivity index (χ0v) is 8.42. The summed E-state index contributed by atoms with van der Waals surface area (Å²) < 4.78 is 14.1. The number of halogens is 1. The van der Waals surface area contributed by atoms with Crippen molar-refractivity contribution in [3.8, 4) is 0 Å². The van der Waals surface area contributed by atoms with Crippen LogP contribution in [0.3, 0.4) is 0 Å². The van der Waals surface area contributed by atoms with Crippen LogP contribution in [-0.4, -0.2) is 17.2 Å². The first kappa shape index (κ1) is 9.37. The van der Waals surface area contributed by atoms with Gasteiger partial charge in [-0.2, -0.15) is 5.10 Å². The first-order valence-electron chi connectivity index (χ1n) is 4.85. The molecule has 1 fully saturated rings. The quantitative estimate of drug-likeness (QED) is 0.802. The third kappa shape index (κ3) is 1.56. The number of aromatic nitrogens is 2. The molecule has 14 heavy (non-hydrogen) atoms. The lowest BCUT2D eigenvalue weighted by Gasteiger charge is -2.18. The van der Waals surface area contributed by atoms with Crippen LogP contribution in [0.5, 0.6) is 0 Å². The van der Waals surface area contributed by atoms with Gasteiger partial charge >= 0.3 is 0 Å². The highest BCUT2D eigenvalue weighted by Crippen LogP contribution is 2.47. The minimum absolute atomic E-state index is 0.136. The second kappa shape index (κ2) is 3.19. The minimum Gasteiger partial charge on any atom is -0.372 e. The molecule has 0 amide bonds. The van der Waals surface area contributed by atoms with Gasteiger partial charge < -0.3 is 5.32 Å². The molecule has 0 aliphatic heterocycles. The van der Waals surface area contributed by atoms with Gasteiger partial charge in [0.05, 0.1) is 0 Å². The van der Waals surface area contributed by atoms with Crippen LogP contribution in [0.4, 0.5) is 10.2 Å². The fraction of sp³-hybridized carbons (Fsp3) is 0.600. The Balaban J connectivity index is 2.23. The van der Waals surface area contributed by atoms with Crippen molar-refractivity contribution in [2.75, 3.05) is 12.4 Å². The van der Waals surface area contributed by atoms with Gasteiger partial charge in [0.15, 0.2) is 5.67 Å². The summed E-state index contributed by atoms with van der Waals surface area (Å²) in [6.07, 6.45) is 1.92. The zero-order valence-electron chi connectivity index (χ0n) is 8.42. The Morgan fingerprint density at radius 1 is 1.43 bits per heavy atom. The van der Waals surface area contributed by atoms with E-state index in [0.29, 0.717) is 11.5 Å². The average molecular weight is 195 g/mol. The van der Waals surface area contributed by atoms with Gasteiger partial charge in [-0.3, -0.25) is 0 Å². The van der Waals surface area contributed by atoms with E-state index in [4.69, 9.17) is 0 Å². The standard InChI is InChI=1S/C10H14FN3/c1-10(11,7-3-4-7)8-5-6-9(12-2)14-13-8/h5-7H,3-4H2,1-2H3,(H,12,14). The Labute approximate surface area is 82.7 Å². The molecular weight excluding hydrogens is 181 g/mol. The molecule has 1 heterocycles. The monoisotopic (exact) mass is 195 g/mol. The van der Waals surface area contributed by atoms with E-state index < -0.39 is 5.67 Å². The second-order valence-corrected chi connectivity index (χ2v) is 3.90. The topological polar surface area (TPSA) is 37.8 Å². The first-order chi connectivity index (χ1) is 6.64. The number of alkyl halides is 1. The maximum atomic E-state index is 14.1. The summed E-state index contributed by atoms with van der Waals surface area (Å²) >= 11 is 0. The van der Waals surface area contributed by atoms with E-state index >= 15 is 0 Å². The summed E-state index contributed by atoms with van der Waals surface area (Å²) in [5.41, 5.74) is -0.863. The molecule has 1 aliphatic rings. The van der Waals surface area contributed by atoms with Gasteiger partial charge in [0, 0.05) is 7.05 Å². The van der Waals surface area contributed by atoms with Crippen LogP contribution in [0.25, 0.3) is 0 Å². The summed E-state index contributed by atoms with van der Waals surface area (Å²) in [5.74, 6) is 0.803. The molecule has 1 saturated carbocycles. The van der Waals surface area contributed by atoms with Gasteiger partial charge in [0.25, 0.3) is 0 Å². The number of rotatable bonds is 3. The van der Waals surface area contributed by atoms with E-state index in [9.17, 15) is 4.39 Å². The van der Waals surface area contributed by atoms with Gasteiger partial charge in [-0.25, -0.2) is 4.39 Å². The number of nitrogens with one attached hydrogen (secondary N) is 1. The predicted octanol–water partition coefficient (Wildman–Crippen LogP) is 2.11. The second-order valence-electron chi connectivity index (χ2n) is 3.90. The number of nitrogens with zero attached hydrogens (tertiary/aromatic N) is 2. The largest absolute Gasteiger partial charge is 0.372 e. The van der Waals surface area contributed by atoms with Crippen molar-refractivity contribution in [1.82, 2.24) is 10.2 Å². The Morgan fingerprint density at radius 2 is 2.14 bits per heavy atom. The van der Waals surface area contributed by atoms with Crippen molar-refractivity contribution in [2.45, 2.75) is 25.4 Å². The Morgan fingerprint density at radius 3 is 2.57 bits per heavy atom. The molecule has 2 rings (SSSR count). The fourth-order valence-electron chi connectivity index (χ4n) is 1.56. The normalized spacial score (nSPS) is 20.2. The molecule has 1 atom stereocenters. The molecule has 1 unspecified atom stereocenters. The van der Waals surface area contributed by atoms with E-state index in [2.05, 4.69) is 15.5 Å². The van der Waals surface area contributed by atoms with Crippen molar-refractivity contribution in [3.63, 3.8) is 0 Å². The zero-order chi connectivity index (χ0) is 10.2. The van der Waals surface area contributed by atoms with E-state index in [1.54, 1.807) is 26.1 Å². The molecular formula is C10H14FN3. The lowest BCUT2D eigenvalue weighted by atomic mass is 9.98. The van der Waals surface area contributed by atoms with Crippen molar-refractivity contribution < 1.29 is 4.39 Å². The van der Waals surface area contributed by atoms with Crippen LogP contribution < -0.4 is 5.32 Å². The van der Waals surface area contributed by atoms with Crippen LogP contribution in [0.15, 0.2) is 12.1 Å². The summed E-state index contributed by atoms with van der Waals surface area (Å²) in [6, 6.07) is 3.46. The third-order valence-corrected chi connectivity index (χ3v) is 2.77. The smallest absolute Gasteiger partial charge is 0.154 e. The highest BCUT2D eigenvalue weighted by molar-refractivity contribution is 5.33. The van der Waals surface area contributed by atoms with Crippen LogP contribution in [-0.2, 0) is 5.67 Å². The fourth-order valence-corrected chi connectivity index (χ4v) is 1.56. The molecule has 1 N–H and O–H groups in total. The van der Waals surface area contributed by atoms with Gasteiger partial charge in [0.1, 0.15) is 11.5 Å². The predicted molar refractivity (Wildman–Crippen MR) is 52.8 cm³/mol. The van der Waals surface area contributed by atoms with E-state index in [-0.39, 0.29) is 5.92 Å². The molecule has 0 aromatic carbocycles. The maximum Gasteiger partial charge on any atom is 0.154 e. The highest BCUT2D eigenvalue weighted by atomic mass is 19.1. The molecule has 0 spiro atoms. The Hall–Kier alpha value is -1.19. The molecule has 76 valence electrons. The Kier molecular flexibility index (Phi) is 2.13. The minimum atomic E-state index is -1.31. The molecule has 1 aromatic rings. The van der Waals surface area contributed by atoms with E-state index in [0.717, 1.165) is 12.8 Å². The van der Waals surface area contributed by atoms with Crippen LogP contribution in [0.2, 0.25) is 0 Å². The highest BCUT2D eigenvalue weighted by Gasteiger charge is 2.44. The van der Waals surface area contributed by atoms with Gasteiger partial charge in [0.2, 0.25) is 0 Å². The number of anilines is 1. The number of hydrogen-bond donors (Lipinski definition) is 1. The molecule has 0 radical (unpaired) electrons. The van der Waals surface area contributed by atoms with Crippen LogP contribution >= 0.6 is 0 Å². The van der Waals surface area contributed by atoms with Gasteiger partial charge in [-0.05, 0) is 37.8 Å². The average Bonchev–Trinajstić information content (AvgIpc) is 3.01. The molecule has 0 saturated heterocycles. The summed E-state index contributed by atoms with van der Waals surface area (Å²) in [5, 5.41) is 10.6. The summed E-state index contributed by atoms with van der Waals surface area (Å²) in [4.78, 5) is 0. The number of hydrogen-bond acceptors (Lipinski definition) is 3. The lowest BCUT2D eigenvalue weighted by Crippen LogP contribution is -2.20. The maximum absolute atomic E-state index is 14.1.